The molecule has 0 aliphatic rings. The second-order valence-corrected chi connectivity index (χ2v) is 5.73. The van der Waals surface area contributed by atoms with E-state index in [0.29, 0.717) is 18.5 Å². The Labute approximate surface area is 127 Å². The van der Waals surface area contributed by atoms with Gasteiger partial charge < -0.3 is 10.4 Å². The standard InChI is InChI=1S/C16H28FN3O/c1-5-18-16(15-7-6-14(17)10-19-15)13(4)11-20(8-9-21)12(2)3/h6-7,10,12-13,16,18,21H,5,8-9,11H2,1-4H3. The van der Waals surface area contributed by atoms with Gasteiger partial charge in [-0.25, -0.2) is 4.39 Å². The Hall–Kier alpha value is -1.04. The number of hydrogen-bond donors (Lipinski definition) is 2. The minimum Gasteiger partial charge on any atom is -0.395 e. The van der Waals surface area contributed by atoms with Gasteiger partial charge in [-0.1, -0.05) is 13.8 Å². The van der Waals surface area contributed by atoms with E-state index in [9.17, 15) is 9.50 Å². The van der Waals surface area contributed by atoms with Gasteiger partial charge in [-0.3, -0.25) is 9.88 Å². The normalized spacial score (nSPS) is 14.7. The molecular formula is C16H28FN3O. The first kappa shape index (κ1) is 18.0. The van der Waals surface area contributed by atoms with Gasteiger partial charge in [-0.2, -0.15) is 0 Å². The van der Waals surface area contributed by atoms with Crippen LogP contribution in [0.1, 0.15) is 39.4 Å². The lowest BCUT2D eigenvalue weighted by Gasteiger charge is -2.32. The maximum atomic E-state index is 13.0. The summed E-state index contributed by atoms with van der Waals surface area (Å²) in [6.07, 6.45) is 1.26. The summed E-state index contributed by atoms with van der Waals surface area (Å²) in [6.45, 7) is 11.0. The van der Waals surface area contributed by atoms with Crippen LogP contribution in [-0.4, -0.2) is 47.3 Å². The number of rotatable bonds is 9. The van der Waals surface area contributed by atoms with Crippen molar-refractivity contribution in [1.82, 2.24) is 15.2 Å². The van der Waals surface area contributed by atoms with Crippen molar-refractivity contribution in [3.63, 3.8) is 0 Å². The van der Waals surface area contributed by atoms with Gasteiger partial charge >= 0.3 is 0 Å². The molecule has 4 nitrogen and oxygen atoms in total. The molecule has 0 saturated carbocycles. The minimum atomic E-state index is -0.314. The van der Waals surface area contributed by atoms with Crippen molar-refractivity contribution in [2.45, 2.75) is 39.8 Å². The highest BCUT2D eigenvalue weighted by Crippen LogP contribution is 2.22. The van der Waals surface area contributed by atoms with Crippen molar-refractivity contribution in [3.8, 4) is 0 Å². The van der Waals surface area contributed by atoms with Crippen LogP contribution in [0.2, 0.25) is 0 Å². The zero-order valence-electron chi connectivity index (χ0n) is 13.5. The van der Waals surface area contributed by atoms with Gasteiger partial charge in [0.25, 0.3) is 0 Å². The summed E-state index contributed by atoms with van der Waals surface area (Å²) >= 11 is 0. The second kappa shape index (κ2) is 9.07. The summed E-state index contributed by atoms with van der Waals surface area (Å²) < 4.78 is 13.0. The predicted molar refractivity (Wildman–Crippen MR) is 83.6 cm³/mol. The highest BCUT2D eigenvalue weighted by Gasteiger charge is 2.23. The first-order valence-corrected chi connectivity index (χ1v) is 7.69. The first-order valence-electron chi connectivity index (χ1n) is 7.69. The lowest BCUT2D eigenvalue weighted by Crippen LogP contribution is -2.40. The van der Waals surface area contributed by atoms with Crippen LogP contribution in [-0.2, 0) is 0 Å². The number of halogens is 1. The van der Waals surface area contributed by atoms with E-state index >= 15 is 0 Å². The van der Waals surface area contributed by atoms with E-state index in [1.54, 1.807) is 6.07 Å². The Morgan fingerprint density at radius 2 is 2.05 bits per heavy atom. The molecule has 1 aromatic heterocycles. The molecule has 0 bridgehead atoms. The maximum Gasteiger partial charge on any atom is 0.141 e. The van der Waals surface area contributed by atoms with Gasteiger partial charge in [-0.15, -0.1) is 0 Å². The molecule has 2 N–H and O–H groups in total. The Bertz CT molecular complexity index is 397. The fraction of sp³-hybridized carbons (Fsp3) is 0.688. The molecule has 0 saturated heterocycles. The predicted octanol–water partition coefficient (Wildman–Crippen LogP) is 2.21. The molecule has 1 rings (SSSR count). The second-order valence-electron chi connectivity index (χ2n) is 5.73. The Balaban J connectivity index is 2.81. The van der Waals surface area contributed by atoms with E-state index in [4.69, 9.17) is 0 Å². The third-order valence-corrected chi connectivity index (χ3v) is 3.70. The topological polar surface area (TPSA) is 48.4 Å². The van der Waals surface area contributed by atoms with E-state index in [2.05, 4.69) is 42.9 Å². The fourth-order valence-corrected chi connectivity index (χ4v) is 2.55. The highest BCUT2D eigenvalue weighted by molar-refractivity contribution is 5.11. The van der Waals surface area contributed by atoms with Crippen LogP contribution in [0.4, 0.5) is 4.39 Å². The monoisotopic (exact) mass is 297 g/mol. The molecular weight excluding hydrogens is 269 g/mol. The Morgan fingerprint density at radius 1 is 1.33 bits per heavy atom. The van der Waals surface area contributed by atoms with Crippen LogP contribution < -0.4 is 5.32 Å². The zero-order valence-corrected chi connectivity index (χ0v) is 13.5. The molecule has 2 atom stereocenters. The molecule has 21 heavy (non-hydrogen) atoms. The van der Waals surface area contributed by atoms with Crippen molar-refractivity contribution < 1.29 is 9.50 Å². The van der Waals surface area contributed by atoms with Gasteiger partial charge in [-0.05, 0) is 38.4 Å². The summed E-state index contributed by atoms with van der Waals surface area (Å²) in [7, 11) is 0. The number of aromatic nitrogens is 1. The molecule has 5 heteroatoms. The molecule has 0 fully saturated rings. The van der Waals surface area contributed by atoms with Gasteiger partial charge in [0.15, 0.2) is 0 Å². The lowest BCUT2D eigenvalue weighted by atomic mass is 9.97. The number of pyridine rings is 1. The smallest absolute Gasteiger partial charge is 0.141 e. The number of hydrogen-bond acceptors (Lipinski definition) is 4. The molecule has 120 valence electrons. The molecule has 0 radical (unpaired) electrons. The van der Waals surface area contributed by atoms with Crippen LogP contribution in [0.25, 0.3) is 0 Å². The van der Waals surface area contributed by atoms with Crippen molar-refractivity contribution in [3.05, 3.63) is 29.8 Å². The summed E-state index contributed by atoms with van der Waals surface area (Å²) in [5.41, 5.74) is 0.860. The Morgan fingerprint density at radius 3 is 2.52 bits per heavy atom. The van der Waals surface area contributed by atoms with Crippen molar-refractivity contribution >= 4 is 0 Å². The SMILES string of the molecule is CCNC(c1ccc(F)cn1)C(C)CN(CCO)C(C)C. The fourth-order valence-electron chi connectivity index (χ4n) is 2.55. The molecule has 0 amide bonds. The highest BCUT2D eigenvalue weighted by atomic mass is 19.1. The van der Waals surface area contributed by atoms with Gasteiger partial charge in [0, 0.05) is 19.1 Å². The summed E-state index contributed by atoms with van der Waals surface area (Å²) in [4.78, 5) is 6.46. The summed E-state index contributed by atoms with van der Waals surface area (Å²) in [5.74, 6) is -0.0115. The van der Waals surface area contributed by atoms with E-state index < -0.39 is 0 Å². The van der Waals surface area contributed by atoms with E-state index in [1.165, 1.54) is 12.3 Å². The largest absolute Gasteiger partial charge is 0.395 e. The van der Waals surface area contributed by atoms with Crippen LogP contribution in [0.15, 0.2) is 18.3 Å². The van der Waals surface area contributed by atoms with Crippen molar-refractivity contribution in [2.75, 3.05) is 26.2 Å². The van der Waals surface area contributed by atoms with Crippen molar-refractivity contribution in [2.24, 2.45) is 5.92 Å². The van der Waals surface area contributed by atoms with Crippen LogP contribution in [0.5, 0.6) is 0 Å². The lowest BCUT2D eigenvalue weighted by molar-refractivity contribution is 0.137. The number of aliphatic hydroxyl groups is 1. The maximum absolute atomic E-state index is 13.0. The van der Waals surface area contributed by atoms with E-state index in [-0.39, 0.29) is 18.5 Å². The zero-order chi connectivity index (χ0) is 15.8. The molecule has 0 aliphatic carbocycles. The average molecular weight is 297 g/mol. The Kier molecular flexibility index (Phi) is 7.78. The molecule has 0 aliphatic heterocycles. The number of nitrogens with zero attached hydrogens (tertiary/aromatic N) is 2. The van der Waals surface area contributed by atoms with Crippen LogP contribution >= 0.6 is 0 Å². The molecule has 0 spiro atoms. The van der Waals surface area contributed by atoms with Crippen LogP contribution in [0.3, 0.4) is 0 Å². The number of aliphatic hydroxyl groups excluding tert-OH is 1. The van der Waals surface area contributed by atoms with Crippen LogP contribution in [0, 0.1) is 11.7 Å². The van der Waals surface area contributed by atoms with Gasteiger partial charge in [0.1, 0.15) is 5.82 Å². The van der Waals surface area contributed by atoms with Gasteiger partial charge in [0.05, 0.1) is 24.5 Å². The third kappa shape index (κ3) is 5.69. The summed E-state index contributed by atoms with van der Waals surface area (Å²) in [5, 5.41) is 12.6. The molecule has 0 aromatic carbocycles. The van der Waals surface area contributed by atoms with Gasteiger partial charge in [0.2, 0.25) is 0 Å². The molecule has 1 aromatic rings. The number of nitrogens with one attached hydrogen (secondary N) is 1. The molecule has 1 heterocycles. The van der Waals surface area contributed by atoms with E-state index in [0.717, 1.165) is 18.8 Å². The first-order chi connectivity index (χ1) is 9.99. The summed E-state index contributed by atoms with van der Waals surface area (Å²) in [6, 6.07) is 3.65. The minimum absolute atomic E-state index is 0.0792. The molecule has 2 unspecified atom stereocenters. The average Bonchev–Trinajstić information content (AvgIpc) is 2.45. The van der Waals surface area contributed by atoms with E-state index in [1.807, 2.05) is 0 Å². The third-order valence-electron chi connectivity index (χ3n) is 3.70. The van der Waals surface area contributed by atoms with Crippen molar-refractivity contribution in [1.29, 1.82) is 0 Å². The quantitative estimate of drug-likeness (QED) is 0.734.